The molecule has 0 saturated heterocycles. The maximum absolute atomic E-state index is 9.87. The van der Waals surface area contributed by atoms with Gasteiger partial charge in [0.05, 0.1) is 24.3 Å². The lowest BCUT2D eigenvalue weighted by molar-refractivity contribution is 0.304. The fourth-order valence-corrected chi connectivity index (χ4v) is 7.04. The molecule has 0 fully saturated rings. The van der Waals surface area contributed by atoms with Gasteiger partial charge in [-0.05, 0) is 71.5 Å². The van der Waals surface area contributed by atoms with Gasteiger partial charge in [-0.25, -0.2) is 0 Å². The van der Waals surface area contributed by atoms with Crippen LogP contribution in [0.5, 0.6) is 11.5 Å². The molecule has 0 N–H and O–H groups in total. The highest BCUT2D eigenvalue weighted by Gasteiger charge is 2.15. The summed E-state index contributed by atoms with van der Waals surface area (Å²) in [6, 6.07) is 24.4. The summed E-state index contributed by atoms with van der Waals surface area (Å²) in [5, 5.41) is 19.7. The number of hydrogen-bond acceptors (Lipinski definition) is 4. The topological polar surface area (TPSA) is 66.0 Å². The van der Waals surface area contributed by atoms with Crippen LogP contribution in [0.3, 0.4) is 0 Å². The molecule has 0 bridgehead atoms. The van der Waals surface area contributed by atoms with E-state index in [1.54, 1.807) is 0 Å². The molecular formula is C48H68N2O2. The molecule has 0 spiro atoms. The van der Waals surface area contributed by atoms with Gasteiger partial charge in [-0.15, -0.1) is 0 Å². The maximum Gasteiger partial charge on any atom is 0.119 e. The number of benzene rings is 3. The predicted octanol–water partition coefficient (Wildman–Crippen LogP) is 14.9. The Morgan fingerprint density at radius 1 is 0.404 bits per heavy atom. The average molecular weight is 705 g/mol. The largest absolute Gasteiger partial charge is 0.494 e. The molecule has 3 aromatic rings. The van der Waals surface area contributed by atoms with E-state index in [0.717, 1.165) is 46.6 Å². The van der Waals surface area contributed by atoms with Crippen LogP contribution in [0.4, 0.5) is 0 Å². The van der Waals surface area contributed by atoms with Gasteiger partial charge in [-0.2, -0.15) is 10.5 Å². The number of nitriles is 2. The molecule has 0 atom stereocenters. The molecule has 4 heteroatoms. The van der Waals surface area contributed by atoms with Gasteiger partial charge in [0.2, 0.25) is 0 Å². The van der Waals surface area contributed by atoms with E-state index in [9.17, 15) is 10.5 Å². The zero-order chi connectivity index (χ0) is 36.9. The highest BCUT2D eigenvalue weighted by Crippen LogP contribution is 2.37. The van der Waals surface area contributed by atoms with Crippen LogP contribution in [-0.2, 0) is 0 Å². The Bertz CT molecular complexity index is 1360. The van der Waals surface area contributed by atoms with Crippen LogP contribution >= 0.6 is 0 Å². The lowest BCUT2D eigenvalue weighted by Crippen LogP contribution is -1.99. The van der Waals surface area contributed by atoms with Crippen molar-refractivity contribution in [2.45, 2.75) is 168 Å². The standard InChI is InChI=1S/C48H68N2O2/c1-3-5-7-9-11-13-15-17-19-21-23-25-33-51-45-31-27-29-41(35-45)47-37-43(39-49)44(40-50)38-48(47)42-30-28-32-46(36-42)52-34-26-24-22-20-18-16-14-12-10-8-6-4-2/h27-32,35-38H,3-26,33-34H2,1-2H3. The van der Waals surface area contributed by atoms with Crippen molar-refractivity contribution in [3.05, 3.63) is 71.8 Å². The molecule has 0 aliphatic carbocycles. The van der Waals surface area contributed by atoms with Gasteiger partial charge < -0.3 is 9.47 Å². The summed E-state index contributed by atoms with van der Waals surface area (Å²) in [6.07, 6.45) is 31.7. The van der Waals surface area contributed by atoms with Gasteiger partial charge in [-0.1, -0.05) is 179 Å². The molecule has 0 heterocycles. The van der Waals surface area contributed by atoms with Crippen LogP contribution in [0.15, 0.2) is 60.7 Å². The van der Waals surface area contributed by atoms with E-state index in [-0.39, 0.29) is 0 Å². The second-order valence-corrected chi connectivity index (χ2v) is 14.7. The van der Waals surface area contributed by atoms with E-state index < -0.39 is 0 Å². The van der Waals surface area contributed by atoms with Crippen molar-refractivity contribution in [2.75, 3.05) is 13.2 Å². The Kier molecular flexibility index (Phi) is 22.8. The Morgan fingerprint density at radius 2 is 0.712 bits per heavy atom. The SMILES string of the molecule is CCCCCCCCCCCCCCOc1cccc(-c2cc(C#N)c(C#N)cc2-c2cccc(OCCCCCCCCCCCCCC)c2)c1. The first-order valence-electron chi connectivity index (χ1n) is 21.1. The van der Waals surface area contributed by atoms with Gasteiger partial charge in [0, 0.05) is 0 Å². The molecular weight excluding hydrogens is 637 g/mol. The number of ether oxygens (including phenoxy) is 2. The minimum absolute atomic E-state index is 0.378. The second-order valence-electron chi connectivity index (χ2n) is 14.7. The Balaban J connectivity index is 1.49. The fourth-order valence-electron chi connectivity index (χ4n) is 7.04. The molecule has 0 radical (unpaired) electrons. The number of hydrogen-bond donors (Lipinski definition) is 0. The monoisotopic (exact) mass is 705 g/mol. The molecule has 3 aromatic carbocycles. The average Bonchev–Trinajstić information content (AvgIpc) is 3.18. The zero-order valence-corrected chi connectivity index (χ0v) is 32.9. The summed E-state index contributed by atoms with van der Waals surface area (Å²) in [6.45, 7) is 5.95. The Morgan fingerprint density at radius 3 is 1.02 bits per heavy atom. The van der Waals surface area contributed by atoms with Crippen molar-refractivity contribution in [1.82, 2.24) is 0 Å². The highest BCUT2D eigenvalue weighted by atomic mass is 16.5. The van der Waals surface area contributed by atoms with E-state index in [0.29, 0.717) is 24.3 Å². The minimum atomic E-state index is 0.378. The predicted molar refractivity (Wildman–Crippen MR) is 220 cm³/mol. The molecule has 0 unspecified atom stereocenters. The van der Waals surface area contributed by atoms with Crippen LogP contribution in [-0.4, -0.2) is 13.2 Å². The third-order valence-corrected chi connectivity index (χ3v) is 10.2. The fraction of sp³-hybridized carbons (Fsp3) is 0.583. The first kappa shape index (κ1) is 42.7. The Labute approximate surface area is 318 Å². The van der Waals surface area contributed by atoms with Crippen LogP contribution in [0.25, 0.3) is 22.3 Å². The van der Waals surface area contributed by atoms with E-state index in [1.807, 2.05) is 36.4 Å². The van der Waals surface area contributed by atoms with Gasteiger partial charge in [-0.3, -0.25) is 0 Å². The van der Waals surface area contributed by atoms with Gasteiger partial charge in [0.15, 0.2) is 0 Å². The molecule has 3 rings (SSSR count). The van der Waals surface area contributed by atoms with Crippen molar-refractivity contribution in [2.24, 2.45) is 0 Å². The van der Waals surface area contributed by atoms with E-state index in [4.69, 9.17) is 9.47 Å². The van der Waals surface area contributed by atoms with E-state index in [2.05, 4.69) is 50.3 Å². The second kappa shape index (κ2) is 27.8. The summed E-state index contributed by atoms with van der Waals surface area (Å²) in [4.78, 5) is 0. The molecule has 52 heavy (non-hydrogen) atoms. The summed E-state index contributed by atoms with van der Waals surface area (Å²) in [5.41, 5.74) is 4.50. The van der Waals surface area contributed by atoms with Gasteiger partial charge >= 0.3 is 0 Å². The summed E-state index contributed by atoms with van der Waals surface area (Å²) in [7, 11) is 0. The van der Waals surface area contributed by atoms with Crippen molar-refractivity contribution in [3.63, 3.8) is 0 Å². The number of unbranched alkanes of at least 4 members (excludes halogenated alkanes) is 22. The third kappa shape index (κ3) is 17.2. The van der Waals surface area contributed by atoms with Gasteiger partial charge in [0.1, 0.15) is 23.6 Å². The van der Waals surface area contributed by atoms with Crippen LogP contribution < -0.4 is 9.47 Å². The molecule has 0 aromatic heterocycles. The molecule has 0 aliphatic rings. The summed E-state index contributed by atoms with van der Waals surface area (Å²) >= 11 is 0. The lowest BCUT2D eigenvalue weighted by Gasteiger charge is -2.15. The lowest BCUT2D eigenvalue weighted by atomic mass is 9.90. The molecule has 282 valence electrons. The first-order valence-corrected chi connectivity index (χ1v) is 21.1. The smallest absolute Gasteiger partial charge is 0.119 e. The van der Waals surface area contributed by atoms with Crippen molar-refractivity contribution in [1.29, 1.82) is 10.5 Å². The molecule has 4 nitrogen and oxygen atoms in total. The van der Waals surface area contributed by atoms with E-state index >= 15 is 0 Å². The normalized spacial score (nSPS) is 10.9. The van der Waals surface area contributed by atoms with Crippen molar-refractivity contribution >= 4 is 0 Å². The number of rotatable bonds is 30. The maximum atomic E-state index is 9.87. The minimum Gasteiger partial charge on any atom is -0.494 e. The van der Waals surface area contributed by atoms with E-state index in [1.165, 1.54) is 141 Å². The number of nitrogens with zero attached hydrogens (tertiary/aromatic N) is 2. The molecule has 0 saturated carbocycles. The summed E-state index contributed by atoms with van der Waals surface area (Å²) in [5.74, 6) is 1.66. The van der Waals surface area contributed by atoms with Crippen LogP contribution in [0, 0.1) is 22.7 Å². The van der Waals surface area contributed by atoms with Crippen molar-refractivity contribution < 1.29 is 9.47 Å². The van der Waals surface area contributed by atoms with Crippen molar-refractivity contribution in [3.8, 4) is 45.9 Å². The molecule has 0 amide bonds. The highest BCUT2D eigenvalue weighted by molar-refractivity contribution is 5.86. The zero-order valence-electron chi connectivity index (χ0n) is 32.9. The van der Waals surface area contributed by atoms with Crippen LogP contribution in [0.1, 0.15) is 179 Å². The van der Waals surface area contributed by atoms with Gasteiger partial charge in [0.25, 0.3) is 0 Å². The van der Waals surface area contributed by atoms with Crippen LogP contribution in [0.2, 0.25) is 0 Å². The quantitative estimate of drug-likeness (QED) is 0.0648. The summed E-state index contributed by atoms with van der Waals surface area (Å²) < 4.78 is 12.4. The Hall–Kier alpha value is -3.76. The molecule has 0 aliphatic heterocycles. The first-order chi connectivity index (χ1) is 25.7. The third-order valence-electron chi connectivity index (χ3n) is 10.2.